The minimum Gasteiger partial charge on any atom is -0.462 e. The molecule has 0 unspecified atom stereocenters. The summed E-state index contributed by atoms with van der Waals surface area (Å²) in [6.07, 6.45) is 2.24. The fourth-order valence-electron chi connectivity index (χ4n) is 6.33. The molecule has 10 nitrogen and oxygen atoms in total. The minimum absolute atomic E-state index is 0.0432. The molecule has 1 N–H and O–H groups in total. The zero-order chi connectivity index (χ0) is 29.8. The van der Waals surface area contributed by atoms with E-state index in [1.807, 2.05) is 6.20 Å². The standard InChI is InChI=1S/C29H35F3N8O2/c1-17-11-23-22(13-33-36-23)25(18(17)2)40-6-5-21-24(14-40)34-28(42-15-20-12-29(31,32)16-37(20)4)35-26(21)38-7-9-39(10-8-38)27(41)19(3)30/h11,13,20H,3,5-10,12,14-16H2,1-2,4H3,(H,33,36)/t20-/m1/s1. The van der Waals surface area contributed by atoms with E-state index < -0.39 is 23.7 Å². The molecule has 0 spiro atoms. The van der Waals surface area contributed by atoms with Crippen molar-refractivity contribution < 1.29 is 22.7 Å². The maximum Gasteiger partial charge on any atom is 0.318 e. The summed E-state index contributed by atoms with van der Waals surface area (Å²) in [6, 6.07) is 1.78. The van der Waals surface area contributed by atoms with Gasteiger partial charge in [0.15, 0.2) is 5.83 Å². The molecular weight excluding hydrogens is 549 g/mol. The molecule has 1 amide bonds. The molecule has 42 heavy (non-hydrogen) atoms. The first-order valence-corrected chi connectivity index (χ1v) is 14.2. The van der Waals surface area contributed by atoms with Crippen LogP contribution in [0.2, 0.25) is 0 Å². The summed E-state index contributed by atoms with van der Waals surface area (Å²) in [7, 11) is 1.67. The van der Waals surface area contributed by atoms with E-state index in [2.05, 4.69) is 46.5 Å². The van der Waals surface area contributed by atoms with Crippen LogP contribution in [-0.2, 0) is 17.8 Å². The number of benzene rings is 1. The molecule has 224 valence electrons. The summed E-state index contributed by atoms with van der Waals surface area (Å²) in [4.78, 5) is 29.1. The zero-order valence-electron chi connectivity index (χ0n) is 24.1. The van der Waals surface area contributed by atoms with Gasteiger partial charge in [-0.15, -0.1) is 0 Å². The van der Waals surface area contributed by atoms with E-state index in [9.17, 15) is 18.0 Å². The normalized spacial score (nSPS) is 20.7. The molecule has 3 aromatic rings. The van der Waals surface area contributed by atoms with Crippen molar-refractivity contribution in [2.75, 3.05) is 62.7 Å². The topological polar surface area (TPSA) is 93.7 Å². The fraction of sp³-hybridized carbons (Fsp3) is 0.517. The van der Waals surface area contributed by atoms with Crippen LogP contribution in [0.4, 0.5) is 24.7 Å². The van der Waals surface area contributed by atoms with Crippen LogP contribution in [-0.4, -0.2) is 101 Å². The third kappa shape index (κ3) is 5.25. The minimum atomic E-state index is -2.75. The lowest BCUT2D eigenvalue weighted by Gasteiger charge is -2.38. The second-order valence-corrected chi connectivity index (χ2v) is 11.5. The van der Waals surface area contributed by atoms with Crippen molar-refractivity contribution in [3.8, 4) is 6.01 Å². The average molecular weight is 585 g/mol. The van der Waals surface area contributed by atoms with Gasteiger partial charge >= 0.3 is 6.01 Å². The van der Waals surface area contributed by atoms with Crippen molar-refractivity contribution in [1.82, 2.24) is 30.0 Å². The Bertz CT molecular complexity index is 1530. The predicted octanol–water partition coefficient (Wildman–Crippen LogP) is 3.38. The van der Waals surface area contributed by atoms with Crippen LogP contribution in [0.1, 0.15) is 28.8 Å². The number of nitrogens with one attached hydrogen (secondary N) is 1. The van der Waals surface area contributed by atoms with Crippen LogP contribution in [0.3, 0.4) is 0 Å². The first kappa shape index (κ1) is 28.3. The number of H-pyrrole nitrogens is 1. The number of aromatic nitrogens is 4. The second kappa shape index (κ2) is 10.8. The molecule has 3 aliphatic rings. The van der Waals surface area contributed by atoms with E-state index in [0.29, 0.717) is 45.0 Å². The molecule has 0 radical (unpaired) electrons. The van der Waals surface area contributed by atoms with Crippen LogP contribution in [0.25, 0.3) is 10.9 Å². The lowest BCUT2D eigenvalue weighted by molar-refractivity contribution is -0.128. The summed E-state index contributed by atoms with van der Waals surface area (Å²) in [6.45, 7) is 9.85. The Morgan fingerprint density at radius 1 is 1.17 bits per heavy atom. The van der Waals surface area contributed by atoms with Crippen molar-refractivity contribution in [3.63, 3.8) is 0 Å². The first-order chi connectivity index (χ1) is 20.0. The van der Waals surface area contributed by atoms with Gasteiger partial charge in [0.2, 0.25) is 0 Å². The fourth-order valence-corrected chi connectivity index (χ4v) is 6.33. The van der Waals surface area contributed by atoms with Crippen molar-refractivity contribution >= 4 is 28.3 Å². The van der Waals surface area contributed by atoms with Crippen molar-refractivity contribution in [3.05, 3.63) is 47.1 Å². The highest BCUT2D eigenvalue weighted by molar-refractivity contribution is 5.94. The zero-order valence-corrected chi connectivity index (χ0v) is 24.1. The molecule has 6 rings (SSSR count). The Hall–Kier alpha value is -3.87. The summed E-state index contributed by atoms with van der Waals surface area (Å²) >= 11 is 0. The van der Waals surface area contributed by atoms with E-state index in [4.69, 9.17) is 14.7 Å². The number of hydrogen-bond donors (Lipinski definition) is 1. The number of aryl methyl sites for hydroxylation is 1. The van der Waals surface area contributed by atoms with Crippen molar-refractivity contribution in [2.24, 2.45) is 0 Å². The number of aromatic amines is 1. The van der Waals surface area contributed by atoms with Crippen LogP contribution >= 0.6 is 0 Å². The molecule has 13 heteroatoms. The Morgan fingerprint density at radius 2 is 1.93 bits per heavy atom. The van der Waals surface area contributed by atoms with E-state index >= 15 is 0 Å². The van der Waals surface area contributed by atoms with E-state index in [1.54, 1.807) is 11.9 Å². The maximum absolute atomic E-state index is 14.0. The van der Waals surface area contributed by atoms with Crippen LogP contribution < -0.4 is 14.5 Å². The highest BCUT2D eigenvalue weighted by Crippen LogP contribution is 2.37. The lowest BCUT2D eigenvalue weighted by Crippen LogP contribution is -2.49. The molecule has 2 aromatic heterocycles. The van der Waals surface area contributed by atoms with Gasteiger partial charge in [-0.05, 0) is 44.5 Å². The van der Waals surface area contributed by atoms with Crippen molar-refractivity contribution in [1.29, 1.82) is 0 Å². The number of hydrogen-bond acceptors (Lipinski definition) is 8. The number of likely N-dealkylation sites (tertiary alicyclic amines) is 1. The Balaban J connectivity index is 1.31. The van der Waals surface area contributed by atoms with Gasteiger partial charge in [-0.2, -0.15) is 15.1 Å². The smallest absolute Gasteiger partial charge is 0.318 e. The highest BCUT2D eigenvalue weighted by atomic mass is 19.3. The van der Waals surface area contributed by atoms with E-state index in [-0.39, 0.29) is 25.6 Å². The molecule has 2 saturated heterocycles. The van der Waals surface area contributed by atoms with Gasteiger partial charge in [-0.25, -0.2) is 13.2 Å². The van der Waals surface area contributed by atoms with Gasteiger partial charge in [0, 0.05) is 56.1 Å². The van der Waals surface area contributed by atoms with Gasteiger partial charge in [0.1, 0.15) is 12.4 Å². The lowest BCUT2D eigenvalue weighted by atomic mass is 9.99. The molecule has 1 aromatic carbocycles. The molecule has 2 fully saturated rings. The number of anilines is 2. The van der Waals surface area contributed by atoms with Crippen LogP contribution in [0.5, 0.6) is 6.01 Å². The molecule has 5 heterocycles. The number of carbonyl (C=O) groups is 1. The van der Waals surface area contributed by atoms with Gasteiger partial charge in [-0.1, -0.05) is 6.58 Å². The number of ether oxygens (including phenoxy) is 1. The number of amides is 1. The number of alkyl halides is 2. The molecule has 0 aliphatic carbocycles. The highest BCUT2D eigenvalue weighted by Gasteiger charge is 2.43. The molecule has 0 saturated carbocycles. The van der Waals surface area contributed by atoms with Crippen LogP contribution in [0, 0.1) is 13.8 Å². The average Bonchev–Trinajstić information content (AvgIpc) is 3.52. The van der Waals surface area contributed by atoms with Gasteiger partial charge in [0.05, 0.1) is 36.2 Å². The summed E-state index contributed by atoms with van der Waals surface area (Å²) in [5, 5.41) is 8.37. The molecular formula is C29H35F3N8O2. The molecule has 3 aliphatic heterocycles. The Labute approximate surface area is 242 Å². The maximum atomic E-state index is 14.0. The third-order valence-electron chi connectivity index (χ3n) is 8.71. The largest absolute Gasteiger partial charge is 0.462 e. The predicted molar refractivity (Wildman–Crippen MR) is 153 cm³/mol. The summed E-state index contributed by atoms with van der Waals surface area (Å²) in [5.74, 6) is -3.72. The Morgan fingerprint density at radius 3 is 2.62 bits per heavy atom. The Kier molecular flexibility index (Phi) is 7.24. The third-order valence-corrected chi connectivity index (χ3v) is 8.71. The first-order valence-electron chi connectivity index (χ1n) is 14.2. The monoisotopic (exact) mass is 584 g/mol. The molecule has 1 atom stereocenters. The van der Waals surface area contributed by atoms with Gasteiger partial charge in [0.25, 0.3) is 11.8 Å². The van der Waals surface area contributed by atoms with Gasteiger partial charge < -0.3 is 19.4 Å². The number of halogens is 3. The number of piperazine rings is 1. The number of carbonyl (C=O) groups excluding carboxylic acids is 1. The number of fused-ring (bicyclic) bond motifs is 2. The summed E-state index contributed by atoms with van der Waals surface area (Å²) < 4.78 is 47.5. The van der Waals surface area contributed by atoms with E-state index in [1.165, 1.54) is 10.5 Å². The quantitative estimate of drug-likeness (QED) is 0.441. The van der Waals surface area contributed by atoms with Gasteiger partial charge in [-0.3, -0.25) is 14.8 Å². The van der Waals surface area contributed by atoms with Crippen LogP contribution in [0.15, 0.2) is 24.7 Å². The number of likely N-dealkylation sites (N-methyl/N-ethyl adjacent to an activating group) is 1. The number of nitrogens with zero attached hydrogens (tertiary/aromatic N) is 7. The van der Waals surface area contributed by atoms with E-state index in [0.717, 1.165) is 40.0 Å². The SMILES string of the molecule is C=C(F)C(=O)N1CCN(c2nc(OC[C@H]3CC(F)(F)CN3C)nc3c2CCN(c2c(C)c(C)cc4[nH]ncc24)C3)CC1. The number of rotatable bonds is 6. The summed E-state index contributed by atoms with van der Waals surface area (Å²) in [5.41, 5.74) is 6.18. The van der Waals surface area contributed by atoms with Crippen molar-refractivity contribution in [2.45, 2.75) is 45.2 Å². The second-order valence-electron chi connectivity index (χ2n) is 11.5. The molecule has 0 bridgehead atoms.